The van der Waals surface area contributed by atoms with Crippen molar-refractivity contribution in [1.82, 2.24) is 14.8 Å². The van der Waals surface area contributed by atoms with Crippen LogP contribution in [0, 0.1) is 0 Å². The molecule has 2 aromatic carbocycles. The fraction of sp³-hybridized carbons (Fsp3) is 0.0909. The van der Waals surface area contributed by atoms with E-state index in [9.17, 15) is 9.59 Å². The topological polar surface area (TPSA) is 95.3 Å². The van der Waals surface area contributed by atoms with Crippen LogP contribution in [0.25, 0.3) is 11.8 Å². The second-order valence-electron chi connectivity index (χ2n) is 6.16. The highest BCUT2D eigenvalue weighted by Gasteiger charge is 2.11. The third kappa shape index (κ3) is 6.55. The summed E-state index contributed by atoms with van der Waals surface area (Å²) >= 11 is 6.02. The predicted octanol–water partition coefficient (Wildman–Crippen LogP) is 3.68. The lowest BCUT2D eigenvalue weighted by Gasteiger charge is -2.11. The minimum Gasteiger partial charge on any atom is -0.490 e. The zero-order valence-corrected chi connectivity index (χ0v) is 17.2. The predicted molar refractivity (Wildman–Crippen MR) is 117 cm³/mol. The van der Waals surface area contributed by atoms with Gasteiger partial charge in [-0.1, -0.05) is 36.4 Å². The Kier molecular flexibility index (Phi) is 7.56. The molecule has 0 spiro atoms. The maximum Gasteiger partial charge on any atom is 0.331 e. The molecule has 0 saturated carbocycles. The van der Waals surface area contributed by atoms with E-state index in [1.54, 1.807) is 54.6 Å². The summed E-state index contributed by atoms with van der Waals surface area (Å²) in [5.74, 6) is -0.471. The lowest BCUT2D eigenvalue weighted by Crippen LogP contribution is -2.21. The summed E-state index contributed by atoms with van der Waals surface area (Å²) in [5, 5.41) is 7.12. The maximum absolute atomic E-state index is 12.2. The summed E-state index contributed by atoms with van der Waals surface area (Å²) < 4.78 is 11.9. The molecule has 0 unspecified atom stereocenters. The van der Waals surface area contributed by atoms with Crippen LogP contribution in [0.15, 0.2) is 73.9 Å². The molecular weight excluding hydrogens is 420 g/mol. The number of carbonyl (C=O) groups is 2. The van der Waals surface area contributed by atoms with Gasteiger partial charge in [-0.15, -0.1) is 0 Å². The summed E-state index contributed by atoms with van der Waals surface area (Å²) in [6.07, 6.45) is 7.34. The molecule has 1 amide bonds. The number of rotatable bonds is 9. The van der Waals surface area contributed by atoms with Gasteiger partial charge in [-0.3, -0.25) is 4.79 Å². The van der Waals surface area contributed by atoms with Crippen molar-refractivity contribution in [3.63, 3.8) is 0 Å². The molecule has 0 fully saturated rings. The van der Waals surface area contributed by atoms with Crippen LogP contribution in [0.4, 0.5) is 5.69 Å². The van der Waals surface area contributed by atoms with Crippen LogP contribution in [0.2, 0.25) is 5.02 Å². The van der Waals surface area contributed by atoms with E-state index in [4.69, 9.17) is 21.1 Å². The first-order valence-electron chi connectivity index (χ1n) is 9.18. The van der Waals surface area contributed by atoms with E-state index < -0.39 is 18.5 Å². The molecule has 0 aliphatic rings. The largest absolute Gasteiger partial charge is 0.490 e. The van der Waals surface area contributed by atoms with Gasteiger partial charge in [0.15, 0.2) is 6.61 Å². The van der Waals surface area contributed by atoms with Crippen LogP contribution in [0.1, 0.15) is 5.56 Å². The Morgan fingerprint density at radius 1 is 1.19 bits per heavy atom. The van der Waals surface area contributed by atoms with Gasteiger partial charge in [0, 0.05) is 11.1 Å². The smallest absolute Gasteiger partial charge is 0.331 e. The van der Waals surface area contributed by atoms with Crippen molar-refractivity contribution in [2.75, 3.05) is 18.5 Å². The number of hydrogen-bond donors (Lipinski definition) is 1. The van der Waals surface area contributed by atoms with E-state index in [1.807, 2.05) is 0 Å². The first-order chi connectivity index (χ1) is 15.0. The summed E-state index contributed by atoms with van der Waals surface area (Å²) in [4.78, 5) is 28.0. The third-order valence-corrected chi connectivity index (χ3v) is 4.14. The van der Waals surface area contributed by atoms with E-state index in [-0.39, 0.29) is 0 Å². The van der Waals surface area contributed by atoms with Gasteiger partial charge in [0.2, 0.25) is 0 Å². The highest BCUT2D eigenvalue weighted by atomic mass is 35.5. The Morgan fingerprint density at radius 3 is 2.71 bits per heavy atom. The summed E-state index contributed by atoms with van der Waals surface area (Å²) in [7, 11) is 0. The Labute approximate surface area is 183 Å². The van der Waals surface area contributed by atoms with E-state index in [1.165, 1.54) is 23.4 Å². The summed E-state index contributed by atoms with van der Waals surface area (Å²) in [5.41, 5.74) is 1.76. The number of aromatic nitrogens is 3. The number of carbonyl (C=O) groups excluding carboxylic acids is 2. The first kappa shape index (κ1) is 21.8. The number of esters is 1. The summed E-state index contributed by atoms with van der Waals surface area (Å²) in [6, 6.07) is 12.1. The van der Waals surface area contributed by atoms with E-state index in [0.717, 1.165) is 5.56 Å². The minimum absolute atomic E-state index is 0.411. The zero-order chi connectivity index (χ0) is 22.1. The van der Waals surface area contributed by atoms with Gasteiger partial charge in [-0.25, -0.2) is 14.5 Å². The Morgan fingerprint density at radius 2 is 2.00 bits per heavy atom. The van der Waals surface area contributed by atoms with Crippen molar-refractivity contribution in [3.8, 4) is 11.4 Å². The van der Waals surface area contributed by atoms with Crippen LogP contribution >= 0.6 is 11.6 Å². The van der Waals surface area contributed by atoms with E-state index in [0.29, 0.717) is 28.8 Å². The molecule has 9 heteroatoms. The van der Waals surface area contributed by atoms with Crippen molar-refractivity contribution in [1.29, 1.82) is 0 Å². The van der Waals surface area contributed by atoms with Crippen molar-refractivity contribution in [2.24, 2.45) is 0 Å². The number of benzene rings is 2. The monoisotopic (exact) mass is 438 g/mol. The lowest BCUT2D eigenvalue weighted by atomic mass is 10.2. The second kappa shape index (κ2) is 10.7. The fourth-order valence-electron chi connectivity index (χ4n) is 2.51. The van der Waals surface area contributed by atoms with Crippen molar-refractivity contribution < 1.29 is 19.1 Å². The molecule has 1 N–H and O–H groups in total. The van der Waals surface area contributed by atoms with Gasteiger partial charge in [0.25, 0.3) is 5.91 Å². The molecule has 0 bridgehead atoms. The number of ether oxygens (including phenoxy) is 2. The van der Waals surface area contributed by atoms with Crippen LogP contribution < -0.4 is 10.1 Å². The van der Waals surface area contributed by atoms with E-state index >= 15 is 0 Å². The van der Waals surface area contributed by atoms with Crippen molar-refractivity contribution in [3.05, 3.63) is 84.4 Å². The van der Waals surface area contributed by atoms with Crippen LogP contribution in [-0.4, -0.2) is 39.9 Å². The maximum atomic E-state index is 12.2. The third-order valence-electron chi connectivity index (χ3n) is 3.90. The normalized spacial score (nSPS) is 10.6. The molecule has 0 aliphatic carbocycles. The first-order valence-corrected chi connectivity index (χ1v) is 9.56. The molecule has 1 aromatic heterocycles. The Balaban J connectivity index is 1.53. The zero-order valence-electron chi connectivity index (χ0n) is 16.4. The molecular formula is C22H19ClN4O4. The molecule has 31 heavy (non-hydrogen) atoms. The van der Waals surface area contributed by atoms with Gasteiger partial charge in [-0.05, 0) is 42.0 Å². The fourth-order valence-corrected chi connectivity index (χ4v) is 2.68. The average molecular weight is 439 g/mol. The number of amides is 1. The summed E-state index contributed by atoms with van der Waals surface area (Å²) in [6.45, 7) is 3.54. The van der Waals surface area contributed by atoms with Gasteiger partial charge in [-0.2, -0.15) is 5.10 Å². The van der Waals surface area contributed by atoms with Gasteiger partial charge >= 0.3 is 5.97 Å². The molecule has 3 aromatic rings. The van der Waals surface area contributed by atoms with Gasteiger partial charge in [0.05, 0.1) is 11.4 Å². The second-order valence-corrected chi connectivity index (χ2v) is 6.60. The highest BCUT2D eigenvalue weighted by molar-refractivity contribution is 6.31. The molecule has 8 nitrogen and oxygen atoms in total. The molecule has 158 valence electrons. The average Bonchev–Trinajstić information content (AvgIpc) is 3.30. The SMILES string of the molecule is C=CCOc1ccc(/C=C/C(=O)OCC(=O)Nc2cc(Cl)ccc2-n2cncn2)cc1. The van der Waals surface area contributed by atoms with E-state index in [2.05, 4.69) is 22.0 Å². The van der Waals surface area contributed by atoms with Crippen LogP contribution in [-0.2, 0) is 14.3 Å². The van der Waals surface area contributed by atoms with Gasteiger partial charge in [0.1, 0.15) is 25.0 Å². The quantitative estimate of drug-likeness (QED) is 0.311. The van der Waals surface area contributed by atoms with Gasteiger partial charge < -0.3 is 14.8 Å². The number of hydrogen-bond acceptors (Lipinski definition) is 6. The lowest BCUT2D eigenvalue weighted by molar-refractivity contribution is -0.142. The molecule has 0 saturated heterocycles. The Bertz CT molecular complexity index is 1080. The standard InChI is InChI=1S/C22H19ClN4O4/c1-2-11-30-18-7-3-16(4-8-18)5-10-22(29)31-13-21(28)26-19-12-17(23)6-9-20(19)27-15-24-14-25-27/h2-10,12,14-15H,1,11,13H2,(H,26,28)/b10-5+. The number of anilines is 1. The molecule has 3 rings (SSSR count). The molecule has 0 aliphatic heterocycles. The van der Waals surface area contributed by atoms with Crippen molar-refractivity contribution >= 4 is 35.2 Å². The van der Waals surface area contributed by atoms with Crippen LogP contribution in [0.3, 0.4) is 0 Å². The number of nitrogens with one attached hydrogen (secondary N) is 1. The number of halogens is 1. The minimum atomic E-state index is -0.648. The Hall–Kier alpha value is -3.91. The number of nitrogens with zero attached hydrogens (tertiary/aromatic N) is 3. The molecule has 0 atom stereocenters. The molecule has 0 radical (unpaired) electrons. The molecule has 1 heterocycles. The van der Waals surface area contributed by atoms with Crippen LogP contribution in [0.5, 0.6) is 5.75 Å². The highest BCUT2D eigenvalue weighted by Crippen LogP contribution is 2.23. The van der Waals surface area contributed by atoms with Crippen molar-refractivity contribution in [2.45, 2.75) is 0 Å².